The van der Waals surface area contributed by atoms with Gasteiger partial charge in [-0.1, -0.05) is 13.3 Å². The Hall–Kier alpha value is -0.830. The van der Waals surface area contributed by atoms with Gasteiger partial charge in [-0.2, -0.15) is 0 Å². The lowest BCUT2D eigenvalue weighted by Gasteiger charge is -2.04. The third kappa shape index (κ3) is 2.05. The molecular weight excluding hydrogens is 138 g/mol. The van der Waals surface area contributed by atoms with Crippen LogP contribution >= 0.6 is 0 Å². The van der Waals surface area contributed by atoms with Crippen molar-refractivity contribution >= 4 is 0 Å². The van der Waals surface area contributed by atoms with Gasteiger partial charge in [0.1, 0.15) is 0 Å². The summed E-state index contributed by atoms with van der Waals surface area (Å²) >= 11 is 0. The normalized spacial score (nSPS) is 13.4. The third-order valence-electron chi connectivity index (χ3n) is 1.70. The maximum atomic E-state index is 5.84. The SMILES string of the molecule is CCCC(N)c1cn(C)cn1. The first-order chi connectivity index (χ1) is 5.24. The van der Waals surface area contributed by atoms with E-state index >= 15 is 0 Å². The first kappa shape index (κ1) is 8.27. The van der Waals surface area contributed by atoms with E-state index in [9.17, 15) is 0 Å². The number of aryl methyl sites for hydroxylation is 1. The van der Waals surface area contributed by atoms with Crippen LogP contribution in [0.15, 0.2) is 12.5 Å². The van der Waals surface area contributed by atoms with Crippen LogP contribution in [0.4, 0.5) is 0 Å². The fraction of sp³-hybridized carbons (Fsp3) is 0.625. The van der Waals surface area contributed by atoms with Gasteiger partial charge < -0.3 is 10.3 Å². The smallest absolute Gasteiger partial charge is 0.0947 e. The van der Waals surface area contributed by atoms with Crippen LogP contribution in [0.5, 0.6) is 0 Å². The molecule has 3 nitrogen and oxygen atoms in total. The fourth-order valence-corrected chi connectivity index (χ4v) is 1.08. The molecule has 0 spiro atoms. The molecule has 0 aliphatic rings. The zero-order chi connectivity index (χ0) is 8.27. The highest BCUT2D eigenvalue weighted by molar-refractivity contribution is 5.01. The maximum absolute atomic E-state index is 5.84. The predicted octanol–water partition coefficient (Wildman–Crippen LogP) is 1.22. The minimum Gasteiger partial charge on any atom is -0.340 e. The van der Waals surface area contributed by atoms with E-state index in [4.69, 9.17) is 5.73 Å². The van der Waals surface area contributed by atoms with Crippen LogP contribution in [0.2, 0.25) is 0 Å². The van der Waals surface area contributed by atoms with E-state index in [0.717, 1.165) is 18.5 Å². The van der Waals surface area contributed by atoms with Crippen LogP contribution < -0.4 is 5.73 Å². The van der Waals surface area contributed by atoms with Crippen molar-refractivity contribution in [2.75, 3.05) is 0 Å². The second-order valence-electron chi connectivity index (χ2n) is 2.86. The van der Waals surface area contributed by atoms with Crippen LogP contribution in [-0.4, -0.2) is 9.55 Å². The molecule has 0 aliphatic carbocycles. The molecule has 0 aliphatic heterocycles. The standard InChI is InChI=1S/C8H15N3/c1-3-4-7(9)8-5-11(2)6-10-8/h5-7H,3-4,9H2,1-2H3. The van der Waals surface area contributed by atoms with Gasteiger partial charge in [0.2, 0.25) is 0 Å². The Bertz CT molecular complexity index is 217. The van der Waals surface area contributed by atoms with E-state index in [1.165, 1.54) is 0 Å². The molecule has 2 N–H and O–H groups in total. The largest absolute Gasteiger partial charge is 0.340 e. The van der Waals surface area contributed by atoms with Gasteiger partial charge in [-0.15, -0.1) is 0 Å². The molecule has 1 aromatic heterocycles. The summed E-state index contributed by atoms with van der Waals surface area (Å²) in [6, 6.07) is 0.112. The van der Waals surface area contributed by atoms with E-state index in [0.29, 0.717) is 0 Å². The molecule has 0 saturated carbocycles. The molecule has 3 heteroatoms. The Morgan fingerprint density at radius 2 is 2.45 bits per heavy atom. The van der Waals surface area contributed by atoms with Crippen LogP contribution in [-0.2, 0) is 7.05 Å². The Kier molecular flexibility index (Phi) is 2.65. The Morgan fingerprint density at radius 3 is 2.91 bits per heavy atom. The van der Waals surface area contributed by atoms with Crippen molar-refractivity contribution in [3.63, 3.8) is 0 Å². The van der Waals surface area contributed by atoms with Gasteiger partial charge >= 0.3 is 0 Å². The van der Waals surface area contributed by atoms with Crippen molar-refractivity contribution in [1.29, 1.82) is 0 Å². The van der Waals surface area contributed by atoms with E-state index in [1.54, 1.807) is 6.33 Å². The lowest BCUT2D eigenvalue weighted by Crippen LogP contribution is -2.09. The van der Waals surface area contributed by atoms with Crippen molar-refractivity contribution in [1.82, 2.24) is 9.55 Å². The summed E-state index contributed by atoms with van der Waals surface area (Å²) in [7, 11) is 1.95. The highest BCUT2D eigenvalue weighted by Gasteiger charge is 2.06. The summed E-state index contributed by atoms with van der Waals surface area (Å²) in [5.74, 6) is 0. The average molecular weight is 153 g/mol. The van der Waals surface area contributed by atoms with E-state index in [-0.39, 0.29) is 6.04 Å². The van der Waals surface area contributed by atoms with E-state index in [1.807, 2.05) is 17.8 Å². The zero-order valence-corrected chi connectivity index (χ0v) is 7.12. The number of nitrogens with zero attached hydrogens (tertiary/aromatic N) is 2. The van der Waals surface area contributed by atoms with E-state index in [2.05, 4.69) is 11.9 Å². The quantitative estimate of drug-likeness (QED) is 0.709. The summed E-state index contributed by atoms with van der Waals surface area (Å²) in [4.78, 5) is 4.17. The number of rotatable bonds is 3. The molecule has 0 aromatic carbocycles. The summed E-state index contributed by atoms with van der Waals surface area (Å²) in [5, 5.41) is 0. The number of aromatic nitrogens is 2. The fourth-order valence-electron chi connectivity index (χ4n) is 1.08. The minimum absolute atomic E-state index is 0.112. The molecular formula is C8H15N3. The van der Waals surface area contributed by atoms with Gasteiger partial charge in [0, 0.05) is 19.3 Å². The first-order valence-electron chi connectivity index (χ1n) is 3.97. The molecule has 62 valence electrons. The molecule has 0 radical (unpaired) electrons. The minimum atomic E-state index is 0.112. The van der Waals surface area contributed by atoms with Crippen molar-refractivity contribution in [2.45, 2.75) is 25.8 Å². The van der Waals surface area contributed by atoms with E-state index < -0.39 is 0 Å². The Labute approximate surface area is 67.2 Å². The molecule has 1 rings (SSSR count). The van der Waals surface area contributed by atoms with Gasteiger partial charge in [-0.3, -0.25) is 0 Å². The second kappa shape index (κ2) is 3.53. The monoisotopic (exact) mass is 153 g/mol. The summed E-state index contributed by atoms with van der Waals surface area (Å²) < 4.78 is 1.92. The summed E-state index contributed by atoms with van der Waals surface area (Å²) in [6.45, 7) is 2.13. The number of hydrogen-bond donors (Lipinski definition) is 1. The molecule has 11 heavy (non-hydrogen) atoms. The van der Waals surface area contributed by atoms with Crippen LogP contribution in [0, 0.1) is 0 Å². The lowest BCUT2D eigenvalue weighted by atomic mass is 10.1. The number of nitrogens with two attached hydrogens (primary N) is 1. The molecule has 0 saturated heterocycles. The highest BCUT2D eigenvalue weighted by Crippen LogP contribution is 2.11. The second-order valence-corrected chi connectivity index (χ2v) is 2.86. The van der Waals surface area contributed by atoms with Crippen LogP contribution in [0.1, 0.15) is 31.5 Å². The van der Waals surface area contributed by atoms with Gasteiger partial charge in [0.05, 0.1) is 12.0 Å². The molecule has 1 heterocycles. The molecule has 0 amide bonds. The van der Waals surface area contributed by atoms with Gasteiger partial charge in [0.15, 0.2) is 0 Å². The van der Waals surface area contributed by atoms with Crippen LogP contribution in [0.25, 0.3) is 0 Å². The van der Waals surface area contributed by atoms with Crippen molar-refractivity contribution < 1.29 is 0 Å². The van der Waals surface area contributed by atoms with Gasteiger partial charge in [0.25, 0.3) is 0 Å². The molecule has 1 unspecified atom stereocenters. The lowest BCUT2D eigenvalue weighted by molar-refractivity contribution is 0.624. The summed E-state index contributed by atoms with van der Waals surface area (Å²) in [5.41, 5.74) is 6.84. The number of imidazole rings is 1. The van der Waals surface area contributed by atoms with Crippen molar-refractivity contribution in [3.05, 3.63) is 18.2 Å². The molecule has 0 fully saturated rings. The maximum Gasteiger partial charge on any atom is 0.0947 e. The Morgan fingerprint density at radius 1 is 1.73 bits per heavy atom. The third-order valence-corrected chi connectivity index (χ3v) is 1.70. The molecule has 0 bridgehead atoms. The van der Waals surface area contributed by atoms with Gasteiger partial charge in [-0.05, 0) is 6.42 Å². The molecule has 1 atom stereocenters. The first-order valence-corrected chi connectivity index (χ1v) is 3.97. The molecule has 1 aromatic rings. The predicted molar refractivity (Wildman–Crippen MR) is 45.0 cm³/mol. The Balaban J connectivity index is 2.60. The highest BCUT2D eigenvalue weighted by atomic mass is 15.0. The zero-order valence-electron chi connectivity index (χ0n) is 7.12. The number of hydrogen-bond acceptors (Lipinski definition) is 2. The van der Waals surface area contributed by atoms with Gasteiger partial charge in [-0.25, -0.2) is 4.98 Å². The average Bonchev–Trinajstić information content (AvgIpc) is 2.36. The summed E-state index contributed by atoms with van der Waals surface area (Å²) in [6.07, 6.45) is 5.87. The topological polar surface area (TPSA) is 43.8 Å². The van der Waals surface area contributed by atoms with Crippen molar-refractivity contribution in [3.8, 4) is 0 Å². The van der Waals surface area contributed by atoms with Crippen molar-refractivity contribution in [2.24, 2.45) is 12.8 Å². The van der Waals surface area contributed by atoms with Crippen LogP contribution in [0.3, 0.4) is 0 Å².